The standard InChI is InChI=1S/C18H14N2O5/c21-11-10-13(12-6-2-1-3-7-12)16(20(24)25)19-17(22)14-8-4-5-9-15(14)18(19)23/h1-9,11,13,16H,10H2/t13-,16-/m0/s1. The van der Waals surface area contributed by atoms with E-state index in [4.69, 9.17) is 0 Å². The van der Waals surface area contributed by atoms with Crippen LogP contribution in [0.15, 0.2) is 54.6 Å². The van der Waals surface area contributed by atoms with Crippen molar-refractivity contribution in [3.63, 3.8) is 0 Å². The van der Waals surface area contributed by atoms with Crippen LogP contribution in [0.1, 0.15) is 38.6 Å². The molecule has 2 aromatic carbocycles. The van der Waals surface area contributed by atoms with Gasteiger partial charge in [-0.05, 0) is 17.7 Å². The molecule has 0 saturated carbocycles. The number of imide groups is 1. The van der Waals surface area contributed by atoms with Crippen molar-refractivity contribution in [3.8, 4) is 0 Å². The third kappa shape index (κ3) is 2.80. The van der Waals surface area contributed by atoms with Gasteiger partial charge < -0.3 is 4.79 Å². The Bertz CT molecular complexity index is 815. The molecule has 0 aromatic heterocycles. The van der Waals surface area contributed by atoms with Crippen molar-refractivity contribution < 1.29 is 19.3 Å². The Morgan fingerprint density at radius 2 is 1.48 bits per heavy atom. The largest absolute Gasteiger partial charge is 0.303 e. The molecule has 0 fully saturated rings. The Morgan fingerprint density at radius 3 is 1.96 bits per heavy atom. The Balaban J connectivity index is 2.07. The van der Waals surface area contributed by atoms with Gasteiger partial charge in [0.05, 0.1) is 17.0 Å². The zero-order valence-electron chi connectivity index (χ0n) is 13.1. The van der Waals surface area contributed by atoms with Crippen molar-refractivity contribution in [3.05, 3.63) is 81.4 Å². The zero-order chi connectivity index (χ0) is 18.0. The number of carbonyl (C=O) groups excluding carboxylic acids is 3. The molecule has 2 aromatic rings. The molecule has 7 heteroatoms. The van der Waals surface area contributed by atoms with E-state index in [1.807, 2.05) is 0 Å². The molecule has 126 valence electrons. The molecule has 2 atom stereocenters. The first-order valence-electron chi connectivity index (χ1n) is 7.65. The van der Waals surface area contributed by atoms with E-state index in [9.17, 15) is 24.5 Å². The zero-order valence-corrected chi connectivity index (χ0v) is 13.1. The Labute approximate surface area is 143 Å². The van der Waals surface area contributed by atoms with Crippen LogP contribution in [-0.2, 0) is 4.79 Å². The van der Waals surface area contributed by atoms with Crippen LogP contribution in [-0.4, -0.2) is 34.1 Å². The molecule has 0 radical (unpaired) electrons. The van der Waals surface area contributed by atoms with Gasteiger partial charge in [-0.25, -0.2) is 4.90 Å². The molecule has 0 saturated heterocycles. The summed E-state index contributed by atoms with van der Waals surface area (Å²) in [6, 6.07) is 14.5. The number of aldehydes is 1. The Kier molecular flexibility index (Phi) is 4.38. The number of nitrogens with zero attached hydrogens (tertiary/aromatic N) is 2. The third-order valence-electron chi connectivity index (χ3n) is 4.24. The van der Waals surface area contributed by atoms with Crippen molar-refractivity contribution in [2.75, 3.05) is 0 Å². The summed E-state index contributed by atoms with van der Waals surface area (Å²) < 4.78 is 0. The van der Waals surface area contributed by atoms with Gasteiger partial charge in [-0.1, -0.05) is 42.5 Å². The molecule has 7 nitrogen and oxygen atoms in total. The van der Waals surface area contributed by atoms with Gasteiger partial charge in [-0.3, -0.25) is 19.7 Å². The van der Waals surface area contributed by atoms with Crippen molar-refractivity contribution in [1.29, 1.82) is 0 Å². The summed E-state index contributed by atoms with van der Waals surface area (Å²) >= 11 is 0. The minimum atomic E-state index is -1.65. The number of amides is 2. The summed E-state index contributed by atoms with van der Waals surface area (Å²) in [5, 5.41) is 11.8. The van der Waals surface area contributed by atoms with E-state index in [-0.39, 0.29) is 17.5 Å². The van der Waals surface area contributed by atoms with Crippen LogP contribution in [0.2, 0.25) is 0 Å². The van der Waals surface area contributed by atoms with Crippen LogP contribution in [0.3, 0.4) is 0 Å². The molecule has 25 heavy (non-hydrogen) atoms. The molecule has 2 amide bonds. The highest BCUT2D eigenvalue weighted by Gasteiger charge is 2.49. The monoisotopic (exact) mass is 338 g/mol. The average molecular weight is 338 g/mol. The average Bonchev–Trinajstić information content (AvgIpc) is 2.87. The van der Waals surface area contributed by atoms with E-state index in [0.717, 1.165) is 0 Å². The predicted molar refractivity (Wildman–Crippen MR) is 87.6 cm³/mol. The summed E-state index contributed by atoms with van der Waals surface area (Å²) in [6.07, 6.45) is -1.27. The maximum atomic E-state index is 12.6. The lowest BCUT2D eigenvalue weighted by Gasteiger charge is -2.25. The summed E-state index contributed by atoms with van der Waals surface area (Å²) in [6.45, 7) is 0. The van der Waals surface area contributed by atoms with Gasteiger partial charge in [0, 0.05) is 11.3 Å². The second kappa shape index (κ2) is 6.64. The topological polar surface area (TPSA) is 97.6 Å². The molecular weight excluding hydrogens is 324 g/mol. The number of rotatable bonds is 6. The molecule has 1 aliphatic heterocycles. The van der Waals surface area contributed by atoms with E-state index >= 15 is 0 Å². The van der Waals surface area contributed by atoms with Crippen LogP contribution in [0, 0.1) is 10.1 Å². The molecule has 0 N–H and O–H groups in total. The summed E-state index contributed by atoms with van der Waals surface area (Å²) in [4.78, 5) is 48.1. The van der Waals surface area contributed by atoms with Crippen molar-refractivity contribution in [2.24, 2.45) is 0 Å². The summed E-state index contributed by atoms with van der Waals surface area (Å²) in [7, 11) is 0. The fourth-order valence-corrected chi connectivity index (χ4v) is 3.10. The maximum Gasteiger partial charge on any atom is 0.303 e. The van der Waals surface area contributed by atoms with Gasteiger partial charge in [0.2, 0.25) is 0 Å². The highest BCUT2D eigenvalue weighted by atomic mass is 16.6. The lowest BCUT2D eigenvalue weighted by Crippen LogP contribution is -2.48. The fraction of sp³-hybridized carbons (Fsp3) is 0.167. The molecule has 0 aliphatic carbocycles. The first-order valence-corrected chi connectivity index (χ1v) is 7.65. The normalized spacial score (nSPS) is 15.6. The fourth-order valence-electron chi connectivity index (χ4n) is 3.10. The number of benzene rings is 2. The molecule has 1 aliphatic rings. The second-order valence-corrected chi connectivity index (χ2v) is 5.64. The lowest BCUT2D eigenvalue weighted by molar-refractivity contribution is -0.545. The highest BCUT2D eigenvalue weighted by molar-refractivity contribution is 6.21. The van der Waals surface area contributed by atoms with E-state index in [0.29, 0.717) is 16.7 Å². The predicted octanol–water partition coefficient (Wildman–Crippen LogP) is 2.26. The maximum absolute atomic E-state index is 12.6. The van der Waals surface area contributed by atoms with Crippen molar-refractivity contribution in [2.45, 2.75) is 18.5 Å². The molecule has 3 rings (SSSR count). The first kappa shape index (κ1) is 16.5. The smallest absolute Gasteiger partial charge is 0.303 e. The molecule has 0 unspecified atom stereocenters. The quantitative estimate of drug-likeness (QED) is 0.348. The SMILES string of the molecule is O=CC[C@@H](c1ccccc1)[C@@H](N1C(=O)c2ccccc2C1=O)[N+](=O)[O-]. The van der Waals surface area contributed by atoms with Crippen LogP contribution in [0.4, 0.5) is 0 Å². The number of nitro groups is 1. The Morgan fingerprint density at radius 1 is 0.960 bits per heavy atom. The molecular formula is C18H14N2O5. The summed E-state index contributed by atoms with van der Waals surface area (Å²) in [5.74, 6) is -2.35. The number of carbonyl (C=O) groups is 3. The summed E-state index contributed by atoms with van der Waals surface area (Å²) in [5.41, 5.74) is 0.794. The van der Waals surface area contributed by atoms with Crippen LogP contribution >= 0.6 is 0 Å². The van der Waals surface area contributed by atoms with Gasteiger partial charge in [0.25, 0.3) is 11.8 Å². The third-order valence-corrected chi connectivity index (χ3v) is 4.24. The van der Waals surface area contributed by atoms with Crippen LogP contribution < -0.4 is 0 Å². The number of fused-ring (bicyclic) bond motifs is 1. The van der Waals surface area contributed by atoms with Crippen LogP contribution in [0.25, 0.3) is 0 Å². The Hall–Kier alpha value is -3.35. The van der Waals surface area contributed by atoms with Crippen molar-refractivity contribution in [1.82, 2.24) is 4.90 Å². The van der Waals surface area contributed by atoms with Crippen LogP contribution in [0.5, 0.6) is 0 Å². The van der Waals surface area contributed by atoms with Gasteiger partial charge >= 0.3 is 6.17 Å². The molecule has 1 heterocycles. The highest BCUT2D eigenvalue weighted by Crippen LogP contribution is 2.32. The number of hydrogen-bond donors (Lipinski definition) is 0. The van der Waals surface area contributed by atoms with E-state index in [1.165, 1.54) is 12.1 Å². The molecule has 0 spiro atoms. The molecule has 0 bridgehead atoms. The minimum Gasteiger partial charge on any atom is -0.303 e. The lowest BCUT2D eigenvalue weighted by atomic mass is 9.92. The van der Waals surface area contributed by atoms with Gasteiger partial charge in [-0.2, -0.15) is 0 Å². The second-order valence-electron chi connectivity index (χ2n) is 5.64. The van der Waals surface area contributed by atoms with E-state index in [1.54, 1.807) is 42.5 Å². The van der Waals surface area contributed by atoms with E-state index in [2.05, 4.69) is 0 Å². The van der Waals surface area contributed by atoms with Gasteiger partial charge in [0.1, 0.15) is 6.29 Å². The number of hydrogen-bond acceptors (Lipinski definition) is 5. The van der Waals surface area contributed by atoms with E-state index < -0.39 is 28.8 Å². The van der Waals surface area contributed by atoms with Gasteiger partial charge in [0.15, 0.2) is 0 Å². The van der Waals surface area contributed by atoms with Crippen molar-refractivity contribution >= 4 is 18.1 Å². The van der Waals surface area contributed by atoms with Gasteiger partial charge in [-0.15, -0.1) is 0 Å². The first-order chi connectivity index (χ1) is 12.1. The minimum absolute atomic E-state index is 0.136.